The highest BCUT2D eigenvalue weighted by Gasteiger charge is 2.36. The van der Waals surface area contributed by atoms with Gasteiger partial charge in [-0.2, -0.15) is 17.6 Å². The third kappa shape index (κ3) is 8.34. The molecule has 0 bridgehead atoms. The number of alkyl halides is 3. The zero-order chi connectivity index (χ0) is 26.3. The van der Waals surface area contributed by atoms with Crippen LogP contribution in [-0.2, 0) is 17.3 Å². The summed E-state index contributed by atoms with van der Waals surface area (Å²) in [6, 6.07) is -0.0978. The van der Waals surface area contributed by atoms with Gasteiger partial charge in [-0.1, -0.05) is 6.42 Å². The van der Waals surface area contributed by atoms with E-state index in [1.165, 1.54) is 26.5 Å². The number of anilines is 1. The fraction of sp³-hybridized carbons (Fsp3) is 0.652. The normalized spacial score (nSPS) is 20.1. The molecule has 1 aromatic heterocycles. The smallest absolute Gasteiger partial charge is 0.404 e. The largest absolute Gasteiger partial charge is 0.419 e. The average Bonchev–Trinajstić information content (AvgIpc) is 2.81. The quantitative estimate of drug-likeness (QED) is 0.442. The predicted molar refractivity (Wildman–Crippen MR) is 136 cm³/mol. The lowest BCUT2D eigenvalue weighted by molar-refractivity contribution is -0.138. The van der Waals surface area contributed by atoms with Gasteiger partial charge in [-0.25, -0.2) is 18.5 Å². The Morgan fingerprint density at radius 1 is 1.28 bits per heavy atom. The molecule has 200 valence electrons. The number of aliphatic hydroxyl groups is 1. The molecule has 1 atom stereocenters. The maximum atomic E-state index is 13.6. The number of piperidine rings is 1. The van der Waals surface area contributed by atoms with E-state index in [0.717, 1.165) is 43.8 Å². The Morgan fingerprint density at radius 2 is 1.94 bits per heavy atom. The van der Waals surface area contributed by atoms with E-state index in [1.807, 2.05) is 4.31 Å². The van der Waals surface area contributed by atoms with E-state index < -0.39 is 34.2 Å². The van der Waals surface area contributed by atoms with Gasteiger partial charge in [-0.15, -0.1) is 0 Å². The van der Waals surface area contributed by atoms with E-state index in [1.54, 1.807) is 0 Å². The number of nitrogens with one attached hydrogen (secondary N) is 1. The molecule has 2 aliphatic rings. The van der Waals surface area contributed by atoms with Gasteiger partial charge < -0.3 is 16.2 Å². The topological polar surface area (TPSA) is 129 Å². The van der Waals surface area contributed by atoms with Crippen LogP contribution in [0.3, 0.4) is 0 Å². The summed E-state index contributed by atoms with van der Waals surface area (Å²) in [6.07, 6.45) is 4.59. The SMILES string of the molecule is CC(C)(O)CN=C/C(=C\N)c1nc(NC2CCN(S(=O)N=C3CCCCC3)CC2)ncc1C(F)(F)F. The Bertz CT molecular complexity index is 1010. The Balaban J connectivity index is 1.69. The summed E-state index contributed by atoms with van der Waals surface area (Å²) < 4.78 is 59.7. The van der Waals surface area contributed by atoms with Crippen molar-refractivity contribution < 1.29 is 22.5 Å². The number of nitrogens with two attached hydrogens (primary N) is 1. The van der Waals surface area contributed by atoms with Gasteiger partial charge in [-0.3, -0.25) is 4.99 Å². The van der Waals surface area contributed by atoms with Gasteiger partial charge in [0.05, 0.1) is 17.8 Å². The summed E-state index contributed by atoms with van der Waals surface area (Å²) >= 11 is -1.42. The third-order valence-corrected chi connectivity index (χ3v) is 7.12. The van der Waals surface area contributed by atoms with E-state index in [9.17, 15) is 22.5 Å². The predicted octanol–water partition coefficient (Wildman–Crippen LogP) is 3.50. The van der Waals surface area contributed by atoms with E-state index in [-0.39, 0.29) is 24.1 Å². The molecule has 1 saturated heterocycles. The molecular formula is C23H34F3N7O2S. The van der Waals surface area contributed by atoms with Crippen molar-refractivity contribution in [3.63, 3.8) is 0 Å². The molecule has 2 heterocycles. The minimum Gasteiger partial charge on any atom is -0.404 e. The molecule has 0 amide bonds. The average molecular weight is 530 g/mol. The van der Waals surface area contributed by atoms with Crippen LogP contribution in [0.1, 0.15) is 70.1 Å². The number of halogens is 3. The van der Waals surface area contributed by atoms with Crippen molar-refractivity contribution in [2.45, 2.75) is 76.6 Å². The van der Waals surface area contributed by atoms with Gasteiger partial charge in [0.2, 0.25) is 17.1 Å². The Hall–Kier alpha value is -2.38. The first-order chi connectivity index (χ1) is 17.0. The van der Waals surface area contributed by atoms with Crippen LogP contribution in [0.5, 0.6) is 0 Å². The highest BCUT2D eigenvalue weighted by Crippen LogP contribution is 2.34. The molecule has 9 nitrogen and oxygen atoms in total. The molecule has 2 fully saturated rings. The fourth-order valence-corrected chi connectivity index (χ4v) is 5.03. The van der Waals surface area contributed by atoms with Crippen LogP contribution in [-0.4, -0.2) is 66.8 Å². The maximum Gasteiger partial charge on any atom is 0.419 e. The maximum absolute atomic E-state index is 13.6. The number of rotatable bonds is 8. The molecule has 4 N–H and O–H groups in total. The molecule has 13 heteroatoms. The van der Waals surface area contributed by atoms with Crippen molar-refractivity contribution in [1.29, 1.82) is 0 Å². The highest BCUT2D eigenvalue weighted by atomic mass is 32.2. The number of allylic oxidation sites excluding steroid dienone is 1. The second-order valence-electron chi connectivity index (χ2n) is 9.65. The van der Waals surface area contributed by atoms with Crippen LogP contribution in [0.4, 0.5) is 19.1 Å². The number of hydrogen-bond donors (Lipinski definition) is 3. The second kappa shape index (κ2) is 12.2. The van der Waals surface area contributed by atoms with Crippen LogP contribution < -0.4 is 11.1 Å². The van der Waals surface area contributed by atoms with Crippen LogP contribution in [0.2, 0.25) is 0 Å². The Kier molecular flexibility index (Phi) is 9.59. The summed E-state index contributed by atoms with van der Waals surface area (Å²) in [4.78, 5) is 12.0. The Labute approximate surface area is 211 Å². The molecule has 0 radical (unpaired) electrons. The van der Waals surface area contributed by atoms with Gasteiger partial charge in [0.15, 0.2) is 0 Å². The highest BCUT2D eigenvalue weighted by molar-refractivity contribution is 7.81. The summed E-state index contributed by atoms with van der Waals surface area (Å²) in [5.41, 5.74) is 4.02. The van der Waals surface area contributed by atoms with Crippen LogP contribution in [0, 0.1) is 0 Å². The monoisotopic (exact) mass is 529 g/mol. The molecule has 1 aliphatic heterocycles. The summed E-state index contributed by atoms with van der Waals surface area (Å²) in [6.45, 7) is 4.12. The van der Waals surface area contributed by atoms with Gasteiger partial charge in [0.1, 0.15) is 5.56 Å². The van der Waals surface area contributed by atoms with Crippen molar-refractivity contribution >= 4 is 34.6 Å². The molecule has 3 rings (SSSR count). The zero-order valence-electron chi connectivity index (χ0n) is 20.6. The number of hydrogen-bond acceptors (Lipinski definition) is 7. The first-order valence-corrected chi connectivity index (χ1v) is 13.1. The van der Waals surface area contributed by atoms with Crippen LogP contribution in [0.25, 0.3) is 5.57 Å². The fourth-order valence-electron chi connectivity index (χ4n) is 3.99. The molecular weight excluding hydrogens is 495 g/mol. The number of aliphatic imine (C=N–C) groups is 1. The lowest BCUT2D eigenvalue weighted by atomic mass is 9.99. The number of nitrogens with zero attached hydrogens (tertiary/aromatic N) is 5. The van der Waals surface area contributed by atoms with Crippen molar-refractivity contribution in [2.24, 2.45) is 15.1 Å². The summed E-state index contributed by atoms with van der Waals surface area (Å²) in [7, 11) is 0. The minimum absolute atomic E-state index is 0.0205. The molecule has 0 aromatic carbocycles. The first kappa shape index (κ1) is 28.2. The minimum atomic E-state index is -4.69. The molecule has 36 heavy (non-hydrogen) atoms. The van der Waals surface area contributed by atoms with Crippen molar-refractivity contribution in [3.05, 3.63) is 23.7 Å². The van der Waals surface area contributed by atoms with Gasteiger partial charge in [0.25, 0.3) is 0 Å². The summed E-state index contributed by atoms with van der Waals surface area (Å²) in [5, 5.41) is 12.9. The zero-order valence-corrected chi connectivity index (χ0v) is 21.4. The lowest BCUT2D eigenvalue weighted by Crippen LogP contribution is -2.40. The van der Waals surface area contributed by atoms with E-state index in [0.29, 0.717) is 25.9 Å². The van der Waals surface area contributed by atoms with Gasteiger partial charge >= 0.3 is 6.18 Å². The molecule has 1 aliphatic carbocycles. The van der Waals surface area contributed by atoms with Gasteiger partial charge in [0, 0.05) is 49.0 Å². The standard InChI is InChI=1S/C23H34F3N7O2S/c1-22(2,34)15-28-13-16(12-27)20-19(23(24,25)26)14-29-21(31-20)30-17-8-10-33(11-9-17)36(35)32-18-6-4-3-5-7-18/h12-14,17,34H,3-11,15,27H2,1-2H3,(H,29,30,31)/b16-12+,28-13?. The molecule has 0 spiro atoms. The van der Waals surface area contributed by atoms with Crippen molar-refractivity contribution in [3.8, 4) is 0 Å². The van der Waals surface area contributed by atoms with Crippen molar-refractivity contribution in [1.82, 2.24) is 14.3 Å². The van der Waals surface area contributed by atoms with Crippen LogP contribution in [0.15, 0.2) is 21.8 Å². The third-order valence-electron chi connectivity index (χ3n) is 5.90. The second-order valence-corrected chi connectivity index (χ2v) is 10.8. The molecule has 1 unspecified atom stereocenters. The molecule has 1 aromatic rings. The van der Waals surface area contributed by atoms with E-state index in [4.69, 9.17) is 5.73 Å². The first-order valence-electron chi connectivity index (χ1n) is 12.0. The summed E-state index contributed by atoms with van der Waals surface area (Å²) in [5.74, 6) is 0.0373. The molecule has 1 saturated carbocycles. The van der Waals surface area contributed by atoms with E-state index >= 15 is 0 Å². The van der Waals surface area contributed by atoms with Gasteiger partial charge in [-0.05, 0) is 52.4 Å². The van der Waals surface area contributed by atoms with Crippen LogP contribution >= 0.6 is 0 Å². The van der Waals surface area contributed by atoms with Crippen molar-refractivity contribution in [2.75, 3.05) is 25.0 Å². The lowest BCUT2D eigenvalue weighted by Gasteiger charge is -2.30. The Morgan fingerprint density at radius 3 is 2.53 bits per heavy atom. The van der Waals surface area contributed by atoms with E-state index in [2.05, 4.69) is 24.7 Å². The number of aromatic nitrogens is 2.